The van der Waals surface area contributed by atoms with Crippen molar-refractivity contribution in [3.05, 3.63) is 40.9 Å². The summed E-state index contributed by atoms with van der Waals surface area (Å²) < 4.78 is 5.00. The van der Waals surface area contributed by atoms with Gasteiger partial charge in [0.1, 0.15) is 5.01 Å². The lowest BCUT2D eigenvalue weighted by Crippen LogP contribution is -2.30. The van der Waals surface area contributed by atoms with Gasteiger partial charge < -0.3 is 10.1 Å². The Morgan fingerprint density at radius 2 is 2.04 bits per heavy atom. The van der Waals surface area contributed by atoms with Gasteiger partial charge in [0.25, 0.3) is 5.91 Å². The third kappa shape index (κ3) is 4.16. The minimum Gasteiger partial charge on any atom is -0.451 e. The van der Waals surface area contributed by atoms with Crippen LogP contribution in [-0.4, -0.2) is 29.5 Å². The summed E-state index contributed by atoms with van der Waals surface area (Å²) >= 11 is 1.39. The van der Waals surface area contributed by atoms with Gasteiger partial charge in [-0.15, -0.1) is 11.3 Å². The highest BCUT2D eigenvalue weighted by Gasteiger charge is 2.24. The number of hydrogen-bond acceptors (Lipinski definition) is 5. The van der Waals surface area contributed by atoms with Gasteiger partial charge in [-0.1, -0.05) is 31.2 Å². The molecule has 1 aliphatic rings. The Labute approximate surface area is 138 Å². The topological polar surface area (TPSA) is 68.3 Å². The van der Waals surface area contributed by atoms with Crippen LogP contribution in [0.1, 0.15) is 35.8 Å². The number of aromatic nitrogens is 1. The quantitative estimate of drug-likeness (QED) is 0.827. The summed E-state index contributed by atoms with van der Waals surface area (Å²) in [6.07, 6.45) is 3.00. The van der Waals surface area contributed by atoms with Gasteiger partial charge in [0.05, 0.1) is 0 Å². The minimum atomic E-state index is -0.566. The van der Waals surface area contributed by atoms with E-state index in [1.54, 1.807) is 5.38 Å². The highest BCUT2D eigenvalue weighted by molar-refractivity contribution is 7.13. The molecular weight excluding hydrogens is 312 g/mol. The van der Waals surface area contributed by atoms with Crippen LogP contribution < -0.4 is 5.32 Å². The minimum absolute atomic E-state index is 0.240. The highest BCUT2D eigenvalue weighted by Crippen LogP contribution is 2.24. The molecule has 5 nitrogen and oxygen atoms in total. The molecule has 1 aromatic carbocycles. The first kappa shape index (κ1) is 15.7. The van der Waals surface area contributed by atoms with Crippen LogP contribution in [0.25, 0.3) is 10.6 Å². The van der Waals surface area contributed by atoms with Crippen molar-refractivity contribution in [3.63, 3.8) is 0 Å². The molecule has 1 heterocycles. The largest absolute Gasteiger partial charge is 0.451 e. The fourth-order valence-electron chi connectivity index (χ4n) is 2.09. The summed E-state index contributed by atoms with van der Waals surface area (Å²) in [5.41, 5.74) is 2.47. The molecule has 1 aromatic heterocycles. The maximum absolute atomic E-state index is 11.9. The molecule has 0 spiro atoms. The van der Waals surface area contributed by atoms with Crippen LogP contribution in [0.5, 0.6) is 0 Å². The van der Waals surface area contributed by atoms with E-state index >= 15 is 0 Å². The van der Waals surface area contributed by atoms with Crippen LogP contribution in [0.15, 0.2) is 29.6 Å². The number of aryl methyl sites for hydroxylation is 1. The van der Waals surface area contributed by atoms with E-state index in [1.807, 2.05) is 12.1 Å². The molecule has 3 rings (SSSR count). The molecule has 1 amide bonds. The number of rotatable bonds is 6. The van der Waals surface area contributed by atoms with Crippen LogP contribution in [-0.2, 0) is 16.0 Å². The van der Waals surface area contributed by atoms with Crippen LogP contribution in [0.2, 0.25) is 0 Å². The average Bonchev–Trinajstić information content (AvgIpc) is 3.24. The molecule has 120 valence electrons. The van der Waals surface area contributed by atoms with Gasteiger partial charge in [0.2, 0.25) is 0 Å². The Balaban J connectivity index is 1.58. The van der Waals surface area contributed by atoms with E-state index in [0.29, 0.717) is 0 Å². The number of nitrogens with one attached hydrogen (secondary N) is 1. The summed E-state index contributed by atoms with van der Waals surface area (Å²) in [5, 5.41) is 5.19. The third-order valence-electron chi connectivity index (χ3n) is 3.60. The van der Waals surface area contributed by atoms with Crippen LogP contribution in [0.4, 0.5) is 0 Å². The molecule has 0 bridgehead atoms. The summed E-state index contributed by atoms with van der Waals surface area (Å²) in [7, 11) is 0. The summed E-state index contributed by atoms with van der Waals surface area (Å²) in [6.45, 7) is 1.85. The third-order valence-corrected chi connectivity index (χ3v) is 4.49. The first-order chi connectivity index (χ1) is 11.2. The predicted molar refractivity (Wildman–Crippen MR) is 88.4 cm³/mol. The number of carbonyl (C=O) groups excluding carboxylic acids is 2. The molecule has 1 fully saturated rings. The van der Waals surface area contributed by atoms with E-state index in [0.717, 1.165) is 29.8 Å². The van der Waals surface area contributed by atoms with E-state index in [4.69, 9.17) is 4.74 Å². The van der Waals surface area contributed by atoms with Gasteiger partial charge in [0.15, 0.2) is 12.3 Å². The maximum atomic E-state index is 11.9. The Morgan fingerprint density at radius 1 is 1.30 bits per heavy atom. The van der Waals surface area contributed by atoms with Crippen molar-refractivity contribution in [2.24, 2.45) is 0 Å². The molecule has 1 saturated carbocycles. The zero-order valence-corrected chi connectivity index (χ0v) is 13.7. The van der Waals surface area contributed by atoms with Crippen molar-refractivity contribution in [2.75, 3.05) is 6.61 Å². The lowest BCUT2D eigenvalue weighted by molar-refractivity contribution is -0.124. The zero-order chi connectivity index (χ0) is 16.2. The van der Waals surface area contributed by atoms with Gasteiger partial charge >= 0.3 is 5.97 Å². The molecule has 23 heavy (non-hydrogen) atoms. The Bertz CT molecular complexity index is 705. The highest BCUT2D eigenvalue weighted by atomic mass is 32.1. The lowest BCUT2D eigenvalue weighted by atomic mass is 10.1. The smallest absolute Gasteiger partial charge is 0.358 e. The normalized spacial score (nSPS) is 13.6. The average molecular weight is 330 g/mol. The molecule has 0 saturated heterocycles. The number of nitrogens with zero attached hydrogens (tertiary/aromatic N) is 1. The van der Waals surface area contributed by atoms with E-state index in [-0.39, 0.29) is 24.2 Å². The number of thiazole rings is 1. The zero-order valence-electron chi connectivity index (χ0n) is 12.9. The first-order valence-corrected chi connectivity index (χ1v) is 8.55. The van der Waals surface area contributed by atoms with Crippen LogP contribution in [0, 0.1) is 0 Å². The lowest BCUT2D eigenvalue weighted by Gasteiger charge is -2.03. The van der Waals surface area contributed by atoms with E-state index in [1.165, 1.54) is 16.9 Å². The molecule has 0 aliphatic heterocycles. The second kappa shape index (κ2) is 6.91. The number of carbonyl (C=O) groups is 2. The van der Waals surface area contributed by atoms with E-state index in [9.17, 15) is 9.59 Å². The van der Waals surface area contributed by atoms with Crippen LogP contribution in [0.3, 0.4) is 0 Å². The molecule has 2 aromatic rings. The SMILES string of the molecule is CCc1ccc(-c2nc(C(=O)OCC(=O)NC3CC3)cs2)cc1. The molecule has 0 unspecified atom stereocenters. The number of hydrogen-bond donors (Lipinski definition) is 1. The van der Waals surface area contributed by atoms with Crippen LogP contribution >= 0.6 is 11.3 Å². The first-order valence-electron chi connectivity index (χ1n) is 7.67. The summed E-state index contributed by atoms with van der Waals surface area (Å²) in [5.74, 6) is -0.824. The number of esters is 1. The van der Waals surface area contributed by atoms with Gasteiger partial charge in [-0.05, 0) is 24.8 Å². The Hall–Kier alpha value is -2.21. The molecule has 1 N–H and O–H groups in total. The standard InChI is InChI=1S/C17H18N2O3S/c1-2-11-3-5-12(6-4-11)16-19-14(10-23-16)17(21)22-9-15(20)18-13-7-8-13/h3-6,10,13H,2,7-9H2,1H3,(H,18,20). The second-order valence-electron chi connectivity index (χ2n) is 5.51. The Morgan fingerprint density at radius 3 is 2.70 bits per heavy atom. The fraction of sp³-hybridized carbons (Fsp3) is 0.353. The van der Waals surface area contributed by atoms with Gasteiger partial charge in [-0.25, -0.2) is 9.78 Å². The van der Waals surface area contributed by atoms with Crippen molar-refractivity contribution in [1.82, 2.24) is 10.3 Å². The van der Waals surface area contributed by atoms with Crippen molar-refractivity contribution < 1.29 is 14.3 Å². The molecule has 1 aliphatic carbocycles. The fourth-order valence-corrected chi connectivity index (χ4v) is 2.88. The van der Waals surface area contributed by atoms with E-state index in [2.05, 4.69) is 29.4 Å². The predicted octanol–water partition coefficient (Wildman–Crippen LogP) is 2.81. The Kier molecular flexibility index (Phi) is 4.71. The van der Waals surface area contributed by atoms with Gasteiger partial charge in [-0.3, -0.25) is 4.79 Å². The monoisotopic (exact) mass is 330 g/mol. The van der Waals surface area contributed by atoms with Crippen molar-refractivity contribution in [2.45, 2.75) is 32.2 Å². The van der Waals surface area contributed by atoms with Gasteiger partial charge in [0, 0.05) is 17.0 Å². The number of amides is 1. The second-order valence-corrected chi connectivity index (χ2v) is 6.36. The molecule has 0 radical (unpaired) electrons. The molecule has 6 heteroatoms. The maximum Gasteiger partial charge on any atom is 0.358 e. The van der Waals surface area contributed by atoms with Crippen molar-refractivity contribution >= 4 is 23.2 Å². The summed E-state index contributed by atoms with van der Waals surface area (Å²) in [4.78, 5) is 27.7. The number of benzene rings is 1. The van der Waals surface area contributed by atoms with E-state index < -0.39 is 5.97 Å². The van der Waals surface area contributed by atoms with Crippen molar-refractivity contribution in [1.29, 1.82) is 0 Å². The van der Waals surface area contributed by atoms with Crippen molar-refractivity contribution in [3.8, 4) is 10.6 Å². The number of ether oxygens (including phenoxy) is 1. The molecule has 0 atom stereocenters. The summed E-state index contributed by atoms with van der Waals surface area (Å²) in [6, 6.07) is 8.36. The van der Waals surface area contributed by atoms with Gasteiger partial charge in [-0.2, -0.15) is 0 Å². The molecular formula is C17H18N2O3S.